The number of rotatable bonds is 1. The van der Waals surface area contributed by atoms with Crippen molar-refractivity contribution in [2.45, 2.75) is 14.7 Å². The molecule has 0 unspecified atom stereocenters. The Labute approximate surface area is 143 Å². The van der Waals surface area contributed by atoms with Crippen molar-refractivity contribution in [3.63, 3.8) is 0 Å². The Morgan fingerprint density at radius 3 is 1.67 bits per heavy atom. The zero-order chi connectivity index (χ0) is 14.4. The molecule has 0 aromatic heterocycles. The fourth-order valence-electron chi connectivity index (χ4n) is 2.86. The summed E-state index contributed by atoms with van der Waals surface area (Å²) in [6.07, 6.45) is 0. The van der Waals surface area contributed by atoms with Crippen LogP contribution >= 0.6 is 40.0 Å². The highest BCUT2D eigenvalue weighted by atomic mass is 127. The fraction of sp³-hybridized carbons (Fsp3) is 0. The van der Waals surface area contributed by atoms with E-state index in [1.165, 1.54) is 25.8 Å². The molecule has 0 radical (unpaired) electrons. The Morgan fingerprint density at radius 2 is 1.14 bits per heavy atom. The normalized spacial score (nSPS) is 16.1. The average molecular weight is 423 g/mol. The summed E-state index contributed by atoms with van der Waals surface area (Å²) < 4.78 is 0. The molecule has 21 heavy (non-hydrogen) atoms. The minimum Gasteiger partial charge on any atom is -0.104 e. The van der Waals surface area contributed by atoms with Crippen LogP contribution in [0.4, 0.5) is 0 Å². The van der Waals surface area contributed by atoms with E-state index in [0.29, 0.717) is 0 Å². The van der Waals surface area contributed by atoms with Gasteiger partial charge in [0.1, 0.15) is 0 Å². The molecule has 0 amide bonds. The largest absolute Gasteiger partial charge is 0.104 e. The Bertz CT molecular complexity index is 781. The van der Waals surface area contributed by atoms with Crippen molar-refractivity contribution >= 4 is 40.0 Å². The van der Waals surface area contributed by atoms with Gasteiger partial charge in [0.25, 0.3) is 0 Å². The number of fused-ring (bicyclic) bond motifs is 3. The highest BCUT2D eigenvalue weighted by molar-refractivity contribution is 14.2. The van der Waals surface area contributed by atoms with Crippen molar-refractivity contribution in [2.75, 3.05) is 0 Å². The van der Waals surface area contributed by atoms with Gasteiger partial charge in [-0.25, -0.2) is 0 Å². The molecule has 0 bridgehead atoms. The van der Waals surface area contributed by atoms with Crippen molar-refractivity contribution in [3.05, 3.63) is 77.8 Å². The molecule has 0 nitrogen and oxygen atoms in total. The number of halogens is 2. The van der Waals surface area contributed by atoms with Crippen molar-refractivity contribution in [2.24, 2.45) is 0 Å². The molecule has 1 aliphatic rings. The second kappa shape index (κ2) is 5.04. The zero-order valence-corrected chi connectivity index (χ0v) is 14.8. The second-order valence-corrected chi connectivity index (χ2v) is 11.8. The lowest BCUT2D eigenvalue weighted by Gasteiger charge is -2.31. The average Bonchev–Trinajstić information content (AvgIpc) is 2.80. The van der Waals surface area contributed by atoms with E-state index >= 15 is 0 Å². The van der Waals surface area contributed by atoms with Crippen molar-refractivity contribution in [1.29, 1.82) is 0 Å². The molecule has 104 valence electrons. The molecule has 0 saturated carbocycles. The van der Waals surface area contributed by atoms with E-state index in [1.807, 2.05) is 12.1 Å². The molecule has 3 heteroatoms. The quantitative estimate of drug-likeness (QED) is 0.372. The van der Waals surface area contributed by atoms with Crippen LogP contribution in [0.25, 0.3) is 11.1 Å². The van der Waals surface area contributed by atoms with Crippen molar-refractivity contribution in [3.8, 4) is 11.1 Å². The summed E-state index contributed by atoms with van der Waals surface area (Å²) in [6.45, 7) is 0. The first kappa shape index (κ1) is 13.7. The lowest BCUT2D eigenvalue weighted by molar-refractivity contribution is 1.39. The van der Waals surface area contributed by atoms with Crippen LogP contribution in [0.15, 0.2) is 87.5 Å². The zero-order valence-electron chi connectivity index (χ0n) is 11.1. The van der Waals surface area contributed by atoms with Crippen LogP contribution in [0.3, 0.4) is 0 Å². The van der Waals surface area contributed by atoms with Gasteiger partial charge in [-0.1, -0.05) is 48.0 Å². The van der Waals surface area contributed by atoms with Crippen LogP contribution in [0.2, 0.25) is 5.02 Å². The van der Waals surface area contributed by atoms with Gasteiger partial charge in [-0.2, -0.15) is 0 Å². The van der Waals surface area contributed by atoms with Crippen LogP contribution in [0.5, 0.6) is 0 Å². The third kappa shape index (κ3) is 1.96. The van der Waals surface area contributed by atoms with Gasteiger partial charge in [0.15, 0.2) is 0 Å². The molecule has 3 aromatic rings. The first-order valence-electron chi connectivity index (χ1n) is 6.68. The van der Waals surface area contributed by atoms with E-state index in [2.05, 4.69) is 81.9 Å². The third-order valence-electron chi connectivity index (χ3n) is 3.81. The summed E-state index contributed by atoms with van der Waals surface area (Å²) in [6, 6.07) is 25.9. The molecule has 0 spiro atoms. The van der Waals surface area contributed by atoms with Crippen LogP contribution in [0, 0.1) is 0 Å². The minimum absolute atomic E-state index is 0.790. The maximum atomic E-state index is 6.07. The first-order chi connectivity index (χ1) is 10.2. The van der Waals surface area contributed by atoms with Gasteiger partial charge >= 0.3 is 0 Å². The van der Waals surface area contributed by atoms with E-state index in [9.17, 15) is 0 Å². The monoisotopic (exact) mass is 422 g/mol. The summed E-state index contributed by atoms with van der Waals surface area (Å²) in [4.78, 5) is 4.23. The van der Waals surface area contributed by atoms with Crippen molar-refractivity contribution in [1.82, 2.24) is 0 Å². The Morgan fingerprint density at radius 1 is 0.667 bits per heavy atom. The Balaban J connectivity index is 2.06. The van der Waals surface area contributed by atoms with Gasteiger partial charge in [0, 0.05) is 19.7 Å². The molecule has 3 aromatic carbocycles. The van der Waals surface area contributed by atoms with Gasteiger partial charge in [0.2, 0.25) is 0 Å². The summed E-state index contributed by atoms with van der Waals surface area (Å²) in [5, 5.41) is 0.790. The van der Waals surface area contributed by atoms with Gasteiger partial charge in [-0.15, -0.1) is 7.20 Å². The molecular weight excluding hydrogens is 411 g/mol. The molecule has 0 fully saturated rings. The number of hydrogen-bond acceptors (Lipinski definition) is 0. The van der Waals surface area contributed by atoms with E-state index in [-0.39, 0.29) is 0 Å². The van der Waals surface area contributed by atoms with Crippen molar-refractivity contribution < 1.29 is 0 Å². The molecule has 1 aliphatic heterocycles. The summed E-state index contributed by atoms with van der Waals surface area (Å²) >= 11 is 8.74. The standard InChI is InChI=1S/C18H12ClIS/c19-13-9-11-14(12-10-13)21(20)17-7-3-1-5-15(17)16-6-2-4-8-18(16)21/h1-12H. The van der Waals surface area contributed by atoms with E-state index in [1.54, 1.807) is 0 Å². The smallest absolute Gasteiger partial charge is 0.0406 e. The SMILES string of the molecule is Clc1ccc(S2(I)c3ccccc3-c3ccccc32)cc1. The predicted octanol–water partition coefficient (Wildman–Crippen LogP) is 6.95. The molecule has 0 atom stereocenters. The minimum atomic E-state index is -1.21. The summed E-state index contributed by atoms with van der Waals surface area (Å²) in [7, 11) is -1.21. The predicted molar refractivity (Wildman–Crippen MR) is 99.7 cm³/mol. The Kier molecular flexibility index (Phi) is 3.28. The van der Waals surface area contributed by atoms with Gasteiger partial charge in [-0.05, 0) is 68.7 Å². The molecule has 0 aliphatic carbocycles. The Hall–Kier alpha value is -0.970. The lowest BCUT2D eigenvalue weighted by atomic mass is 10.1. The lowest BCUT2D eigenvalue weighted by Crippen LogP contribution is -1.91. The highest BCUT2D eigenvalue weighted by Gasteiger charge is 2.37. The van der Waals surface area contributed by atoms with Crippen LogP contribution in [-0.2, 0) is 0 Å². The highest BCUT2D eigenvalue weighted by Crippen LogP contribution is 2.80. The number of hydrogen-bond donors (Lipinski definition) is 0. The van der Waals surface area contributed by atoms with E-state index in [0.717, 1.165) is 5.02 Å². The van der Waals surface area contributed by atoms with E-state index in [4.69, 9.17) is 11.6 Å². The van der Waals surface area contributed by atoms with Crippen LogP contribution < -0.4 is 0 Å². The third-order valence-corrected chi connectivity index (χ3v) is 11.3. The van der Waals surface area contributed by atoms with Crippen LogP contribution in [-0.4, -0.2) is 0 Å². The number of benzene rings is 3. The van der Waals surface area contributed by atoms with Gasteiger partial charge in [-0.3, -0.25) is 0 Å². The maximum absolute atomic E-state index is 6.07. The molecule has 0 N–H and O–H groups in total. The van der Waals surface area contributed by atoms with Crippen LogP contribution in [0.1, 0.15) is 0 Å². The van der Waals surface area contributed by atoms with E-state index < -0.39 is 7.20 Å². The second-order valence-electron chi connectivity index (χ2n) is 4.98. The molecule has 4 rings (SSSR count). The van der Waals surface area contributed by atoms with Gasteiger partial charge < -0.3 is 0 Å². The van der Waals surface area contributed by atoms with Gasteiger partial charge in [0.05, 0.1) is 0 Å². The summed E-state index contributed by atoms with van der Waals surface area (Å²) in [5.41, 5.74) is 2.74. The molecule has 0 saturated heterocycles. The first-order valence-corrected chi connectivity index (χ1v) is 11.2. The molecular formula is C18H12ClIS. The molecule has 1 heterocycles. The topological polar surface area (TPSA) is 0 Å². The maximum Gasteiger partial charge on any atom is 0.0406 e. The summed E-state index contributed by atoms with van der Waals surface area (Å²) in [5.74, 6) is 0. The fourth-order valence-corrected chi connectivity index (χ4v) is 8.92.